The number of hydrogen-bond acceptors (Lipinski definition) is 7. The van der Waals surface area contributed by atoms with Gasteiger partial charge in [-0.2, -0.15) is 4.68 Å². The average Bonchev–Trinajstić information content (AvgIpc) is 3.03. The zero-order valence-corrected chi connectivity index (χ0v) is 16.2. The Hall–Kier alpha value is -2.30. The van der Waals surface area contributed by atoms with Gasteiger partial charge in [-0.15, -0.1) is 5.10 Å². The fourth-order valence-corrected chi connectivity index (χ4v) is 3.08. The lowest BCUT2D eigenvalue weighted by atomic mass is 10.2. The van der Waals surface area contributed by atoms with E-state index in [1.807, 2.05) is 0 Å². The Morgan fingerprint density at radius 3 is 2.89 bits per heavy atom. The van der Waals surface area contributed by atoms with Gasteiger partial charge in [0.2, 0.25) is 0 Å². The fourth-order valence-electron chi connectivity index (χ4n) is 2.87. The van der Waals surface area contributed by atoms with Gasteiger partial charge in [-0.05, 0) is 32.3 Å². The molecule has 0 N–H and O–H groups in total. The molecule has 9 nitrogen and oxygen atoms in total. The van der Waals surface area contributed by atoms with Crippen LogP contribution in [-0.2, 0) is 27.4 Å². The molecule has 1 fully saturated rings. The van der Waals surface area contributed by atoms with E-state index in [1.165, 1.54) is 4.57 Å². The van der Waals surface area contributed by atoms with E-state index in [-0.39, 0.29) is 23.6 Å². The van der Waals surface area contributed by atoms with Crippen molar-refractivity contribution in [1.29, 1.82) is 0 Å². The number of nitrogens with zero attached hydrogens (tertiary/aromatic N) is 4. The van der Waals surface area contributed by atoms with Crippen molar-refractivity contribution >= 4 is 17.6 Å². The minimum absolute atomic E-state index is 0.0241. The van der Waals surface area contributed by atoms with Crippen molar-refractivity contribution in [2.24, 2.45) is 0 Å². The molecule has 0 saturated carbocycles. The minimum Gasteiger partial charge on any atom is -0.465 e. The Morgan fingerprint density at radius 2 is 2.25 bits per heavy atom. The maximum absolute atomic E-state index is 14.5. The third-order valence-electron chi connectivity index (χ3n) is 4.31. The topological polar surface area (TPSA) is 97.5 Å². The Labute approximate surface area is 165 Å². The van der Waals surface area contributed by atoms with Crippen molar-refractivity contribution in [2.75, 3.05) is 13.7 Å². The molecule has 2 aromatic heterocycles. The lowest BCUT2D eigenvalue weighted by Gasteiger charge is -2.22. The molecule has 0 bridgehead atoms. The van der Waals surface area contributed by atoms with Gasteiger partial charge in [-0.25, -0.2) is 19.0 Å². The highest BCUT2D eigenvalue weighted by Gasteiger charge is 2.23. The van der Waals surface area contributed by atoms with Gasteiger partial charge in [0.05, 0.1) is 7.11 Å². The predicted octanol–water partition coefficient (Wildman–Crippen LogP) is 2.07. The van der Waals surface area contributed by atoms with Crippen LogP contribution in [0.2, 0.25) is 5.15 Å². The van der Waals surface area contributed by atoms with Gasteiger partial charge < -0.3 is 14.2 Å². The van der Waals surface area contributed by atoms with Crippen molar-refractivity contribution in [2.45, 2.75) is 45.6 Å². The highest BCUT2D eigenvalue weighted by molar-refractivity contribution is 6.32. The van der Waals surface area contributed by atoms with E-state index in [0.29, 0.717) is 19.0 Å². The smallest absolute Gasteiger partial charge is 0.352 e. The molecule has 2 aromatic rings. The molecule has 1 unspecified atom stereocenters. The number of halogens is 2. The number of aromatic nitrogens is 4. The summed E-state index contributed by atoms with van der Waals surface area (Å²) in [6.45, 7) is 2.71. The van der Waals surface area contributed by atoms with E-state index in [2.05, 4.69) is 14.8 Å². The highest BCUT2D eigenvalue weighted by Crippen LogP contribution is 2.20. The maximum Gasteiger partial charge on any atom is 0.352 e. The largest absolute Gasteiger partial charge is 0.465 e. The summed E-state index contributed by atoms with van der Waals surface area (Å²) < 4.78 is 32.4. The number of esters is 1. The molecule has 28 heavy (non-hydrogen) atoms. The van der Waals surface area contributed by atoms with Crippen LogP contribution in [0.1, 0.15) is 42.4 Å². The summed E-state index contributed by atoms with van der Waals surface area (Å²) in [7, 11) is 1.14. The molecule has 11 heteroatoms. The number of methoxy groups -OCH3 is 1. The normalized spacial score (nSPS) is 16.9. The van der Waals surface area contributed by atoms with E-state index in [9.17, 15) is 14.0 Å². The number of hydrogen-bond donors (Lipinski definition) is 0. The van der Waals surface area contributed by atoms with Crippen molar-refractivity contribution in [3.8, 4) is 5.82 Å². The van der Waals surface area contributed by atoms with Crippen LogP contribution in [0.3, 0.4) is 0 Å². The second-order valence-corrected chi connectivity index (χ2v) is 6.44. The first-order valence-electron chi connectivity index (χ1n) is 8.83. The van der Waals surface area contributed by atoms with E-state index in [1.54, 1.807) is 6.92 Å². The lowest BCUT2D eigenvalue weighted by molar-refractivity contribution is -0.170. The number of ether oxygens (including phenoxy) is 3. The van der Waals surface area contributed by atoms with Crippen LogP contribution in [0.4, 0.5) is 4.39 Å². The summed E-state index contributed by atoms with van der Waals surface area (Å²) in [5.74, 6) is -1.88. The first-order valence-corrected chi connectivity index (χ1v) is 9.20. The molecule has 0 radical (unpaired) electrons. The molecule has 0 spiro atoms. The molecular formula is C17H20ClFN4O5. The van der Waals surface area contributed by atoms with Crippen LogP contribution in [0.25, 0.3) is 5.82 Å². The summed E-state index contributed by atoms with van der Waals surface area (Å²) in [5, 5.41) is 3.84. The number of carbonyl (C=O) groups is 1. The lowest BCUT2D eigenvalue weighted by Crippen LogP contribution is -2.26. The summed E-state index contributed by atoms with van der Waals surface area (Å²) in [6, 6.07) is 0.861. The van der Waals surface area contributed by atoms with Gasteiger partial charge in [0.25, 0.3) is 0 Å². The highest BCUT2D eigenvalue weighted by atomic mass is 35.5. The van der Waals surface area contributed by atoms with Crippen LogP contribution in [-0.4, -0.2) is 45.3 Å². The van der Waals surface area contributed by atoms with Gasteiger partial charge in [0.15, 0.2) is 23.7 Å². The Balaban J connectivity index is 1.92. The van der Waals surface area contributed by atoms with Crippen LogP contribution in [0.5, 0.6) is 0 Å². The molecule has 152 valence electrons. The SMILES string of the molecule is CCn1c(COC2CCCCO2)nn(-c2nc(Cl)c(C(=O)OC)cc2F)c1=O. The van der Waals surface area contributed by atoms with Gasteiger partial charge in [-0.3, -0.25) is 4.57 Å². The summed E-state index contributed by atoms with van der Waals surface area (Å²) in [4.78, 5) is 28.1. The van der Waals surface area contributed by atoms with Crippen LogP contribution >= 0.6 is 11.6 Å². The van der Waals surface area contributed by atoms with E-state index in [4.69, 9.17) is 21.1 Å². The van der Waals surface area contributed by atoms with Gasteiger partial charge in [-0.1, -0.05) is 11.6 Å². The van der Waals surface area contributed by atoms with Crippen molar-refractivity contribution < 1.29 is 23.4 Å². The predicted molar refractivity (Wildman–Crippen MR) is 96.0 cm³/mol. The quantitative estimate of drug-likeness (QED) is 0.527. The first-order chi connectivity index (χ1) is 13.5. The van der Waals surface area contributed by atoms with Crippen molar-refractivity contribution in [3.05, 3.63) is 38.9 Å². The zero-order chi connectivity index (χ0) is 20.3. The minimum atomic E-state index is -0.935. The molecule has 1 aliphatic rings. The monoisotopic (exact) mass is 414 g/mol. The number of rotatable bonds is 6. The third kappa shape index (κ3) is 4.08. The number of pyridine rings is 1. The summed E-state index contributed by atoms with van der Waals surface area (Å²) in [5.41, 5.74) is -0.842. The van der Waals surface area contributed by atoms with E-state index < -0.39 is 23.3 Å². The van der Waals surface area contributed by atoms with Crippen LogP contribution in [0, 0.1) is 5.82 Å². The third-order valence-corrected chi connectivity index (χ3v) is 4.60. The summed E-state index contributed by atoms with van der Waals surface area (Å²) in [6.07, 6.45) is 2.39. The van der Waals surface area contributed by atoms with Crippen molar-refractivity contribution in [1.82, 2.24) is 19.3 Å². The second kappa shape index (κ2) is 8.80. The molecule has 0 aromatic carbocycles. The second-order valence-electron chi connectivity index (χ2n) is 6.09. The molecular weight excluding hydrogens is 395 g/mol. The van der Waals surface area contributed by atoms with Gasteiger partial charge >= 0.3 is 11.7 Å². The van der Waals surface area contributed by atoms with Crippen LogP contribution in [0.15, 0.2) is 10.9 Å². The van der Waals surface area contributed by atoms with E-state index in [0.717, 1.165) is 37.1 Å². The Morgan fingerprint density at radius 1 is 1.46 bits per heavy atom. The van der Waals surface area contributed by atoms with Crippen LogP contribution < -0.4 is 5.69 Å². The molecule has 0 aliphatic carbocycles. The molecule has 3 rings (SSSR count). The molecule has 0 amide bonds. The molecule has 1 saturated heterocycles. The van der Waals surface area contributed by atoms with Crippen molar-refractivity contribution in [3.63, 3.8) is 0 Å². The Bertz CT molecular complexity index is 923. The van der Waals surface area contributed by atoms with E-state index >= 15 is 0 Å². The maximum atomic E-state index is 14.5. The molecule has 3 heterocycles. The van der Waals surface area contributed by atoms with Gasteiger partial charge in [0.1, 0.15) is 17.3 Å². The summed E-state index contributed by atoms with van der Waals surface area (Å²) >= 11 is 5.95. The average molecular weight is 415 g/mol. The van der Waals surface area contributed by atoms with Gasteiger partial charge in [0, 0.05) is 13.2 Å². The first kappa shape index (κ1) is 20.4. The molecule has 1 atom stereocenters. The number of carbonyl (C=O) groups excluding carboxylic acids is 1. The fraction of sp³-hybridized carbons (Fsp3) is 0.529. The Kier molecular flexibility index (Phi) is 6.42. The standard InChI is InChI=1S/C17H20ClFN4O5/c1-3-22-12(9-28-13-6-4-5-7-27-13)21-23(17(22)25)15-11(19)8-10(14(18)20-15)16(24)26-2/h8,13H,3-7,9H2,1-2H3. The zero-order valence-electron chi connectivity index (χ0n) is 15.5. The molecule has 1 aliphatic heterocycles.